The maximum Gasteiger partial charge on any atom is 0.247 e. The molecule has 0 saturated heterocycles. The fourth-order valence-electron chi connectivity index (χ4n) is 0.941. The van der Waals surface area contributed by atoms with E-state index in [4.69, 9.17) is 0 Å². The van der Waals surface area contributed by atoms with E-state index in [-0.39, 0.29) is 5.69 Å². The molecule has 0 aliphatic carbocycles. The molecule has 1 aromatic rings. The first-order valence-electron chi connectivity index (χ1n) is 3.98. The van der Waals surface area contributed by atoms with Gasteiger partial charge in [-0.1, -0.05) is 0 Å². The zero-order valence-corrected chi connectivity index (χ0v) is 11.4. The van der Waals surface area contributed by atoms with Gasteiger partial charge in [0, 0.05) is 12.5 Å². The highest BCUT2D eigenvalue weighted by atomic mass is 79.9. The minimum Gasteiger partial charge on any atom is -0.280 e. The minimum atomic E-state index is -3.92. The Kier molecular flexibility index (Phi) is 3.92. The number of nitrogens with one attached hydrogen (secondary N) is 1. The van der Waals surface area contributed by atoms with Crippen LogP contribution in [0, 0.1) is 0 Å². The van der Waals surface area contributed by atoms with Crippen molar-refractivity contribution in [3.8, 4) is 0 Å². The van der Waals surface area contributed by atoms with E-state index < -0.39 is 24.9 Å². The molecule has 0 atom stereocenters. The quantitative estimate of drug-likeness (QED) is 0.816. The van der Waals surface area contributed by atoms with E-state index >= 15 is 0 Å². The molecule has 1 aromatic heterocycles. The van der Waals surface area contributed by atoms with Gasteiger partial charge in [0.1, 0.15) is 4.60 Å². The molecule has 0 aliphatic rings. The van der Waals surface area contributed by atoms with Gasteiger partial charge >= 0.3 is 0 Å². The number of nitrogens with zero attached hydrogens (tertiary/aromatic N) is 1. The second-order valence-electron chi connectivity index (χ2n) is 3.10. The van der Waals surface area contributed by atoms with Gasteiger partial charge < -0.3 is 0 Å². The van der Waals surface area contributed by atoms with Crippen LogP contribution in [-0.4, -0.2) is 33.2 Å². The Bertz CT molecular complexity index is 582. The summed E-state index contributed by atoms with van der Waals surface area (Å²) in [6.07, 6.45) is 2.32. The zero-order valence-electron chi connectivity index (χ0n) is 8.21. The van der Waals surface area contributed by atoms with Gasteiger partial charge in [-0.2, -0.15) is 0 Å². The minimum absolute atomic E-state index is 0.200. The van der Waals surface area contributed by atoms with E-state index in [0.29, 0.717) is 4.60 Å². The predicted octanol–water partition coefficient (Wildman–Crippen LogP) is 0.588. The Morgan fingerprint density at radius 2 is 2.00 bits per heavy atom. The number of hydrogen-bond acceptors (Lipinski definition) is 5. The molecule has 90 valence electrons. The number of hydrogen-bond donors (Lipinski definition) is 1. The fraction of sp³-hybridized carbons (Fsp3) is 0.286. The lowest BCUT2D eigenvalue weighted by Crippen LogP contribution is -2.22. The first kappa shape index (κ1) is 13.4. The summed E-state index contributed by atoms with van der Waals surface area (Å²) in [5, 5.41) is -0.957. The van der Waals surface area contributed by atoms with Crippen LogP contribution >= 0.6 is 15.9 Å². The van der Waals surface area contributed by atoms with Crippen LogP contribution in [0.4, 0.5) is 5.69 Å². The Morgan fingerprint density at radius 3 is 2.50 bits per heavy atom. The smallest absolute Gasteiger partial charge is 0.247 e. The van der Waals surface area contributed by atoms with Crippen molar-refractivity contribution in [2.75, 3.05) is 16.1 Å². The van der Waals surface area contributed by atoms with Crippen molar-refractivity contribution < 1.29 is 16.8 Å². The van der Waals surface area contributed by atoms with Crippen LogP contribution < -0.4 is 4.72 Å². The molecule has 0 radical (unpaired) electrons. The van der Waals surface area contributed by atoms with Gasteiger partial charge in [0.2, 0.25) is 10.0 Å². The van der Waals surface area contributed by atoms with E-state index in [9.17, 15) is 16.8 Å². The number of sulfone groups is 1. The zero-order chi connectivity index (χ0) is 12.4. The van der Waals surface area contributed by atoms with E-state index in [2.05, 4.69) is 25.6 Å². The van der Waals surface area contributed by atoms with Crippen molar-refractivity contribution in [1.82, 2.24) is 4.98 Å². The van der Waals surface area contributed by atoms with Gasteiger partial charge in [-0.25, -0.2) is 21.8 Å². The highest BCUT2D eigenvalue weighted by molar-refractivity contribution is 9.10. The van der Waals surface area contributed by atoms with E-state index in [1.807, 2.05) is 0 Å². The molecule has 0 spiro atoms. The Labute approximate surface area is 102 Å². The van der Waals surface area contributed by atoms with Crippen molar-refractivity contribution in [1.29, 1.82) is 0 Å². The van der Waals surface area contributed by atoms with Crippen molar-refractivity contribution in [3.63, 3.8) is 0 Å². The SMILES string of the molecule is CS(=O)(=O)CS(=O)(=O)Nc1cccnc1Br. The topological polar surface area (TPSA) is 93.2 Å². The molecule has 1 rings (SSSR count). The number of pyridine rings is 1. The Balaban J connectivity index is 2.95. The number of rotatable bonds is 4. The molecule has 0 unspecified atom stereocenters. The van der Waals surface area contributed by atoms with Crippen molar-refractivity contribution >= 4 is 41.5 Å². The molecule has 0 fully saturated rings. The summed E-state index contributed by atoms with van der Waals surface area (Å²) in [6.45, 7) is 0. The molecule has 6 nitrogen and oxygen atoms in total. The van der Waals surface area contributed by atoms with E-state index in [1.165, 1.54) is 18.3 Å². The third-order valence-corrected chi connectivity index (χ3v) is 5.51. The summed E-state index contributed by atoms with van der Waals surface area (Å²) < 4.78 is 47.0. The van der Waals surface area contributed by atoms with E-state index in [1.54, 1.807) is 0 Å². The molecule has 0 aliphatic heterocycles. The number of anilines is 1. The predicted molar refractivity (Wildman–Crippen MR) is 64.2 cm³/mol. The van der Waals surface area contributed by atoms with Crippen LogP contribution in [0.3, 0.4) is 0 Å². The maximum atomic E-state index is 11.4. The molecule has 0 aromatic carbocycles. The Morgan fingerprint density at radius 1 is 1.38 bits per heavy atom. The van der Waals surface area contributed by atoms with Crippen molar-refractivity contribution in [2.24, 2.45) is 0 Å². The first-order chi connectivity index (χ1) is 7.20. The van der Waals surface area contributed by atoms with Crippen molar-refractivity contribution in [2.45, 2.75) is 0 Å². The average molecular weight is 329 g/mol. The molecule has 1 heterocycles. The molecule has 9 heteroatoms. The molecule has 16 heavy (non-hydrogen) atoms. The van der Waals surface area contributed by atoms with Crippen LogP contribution in [0.25, 0.3) is 0 Å². The first-order valence-corrected chi connectivity index (χ1v) is 8.49. The largest absolute Gasteiger partial charge is 0.280 e. The lowest BCUT2D eigenvalue weighted by molar-refractivity contribution is 0.595. The lowest BCUT2D eigenvalue weighted by atomic mass is 10.4. The third-order valence-electron chi connectivity index (χ3n) is 1.39. The summed E-state index contributed by atoms with van der Waals surface area (Å²) in [6, 6.07) is 3.00. The van der Waals surface area contributed by atoms with Gasteiger partial charge in [-0.15, -0.1) is 0 Å². The van der Waals surface area contributed by atoms with Gasteiger partial charge in [-0.05, 0) is 28.1 Å². The average Bonchev–Trinajstić information content (AvgIpc) is 2.04. The van der Waals surface area contributed by atoms with Crippen LogP contribution in [0.2, 0.25) is 0 Å². The van der Waals surface area contributed by atoms with Gasteiger partial charge in [0.25, 0.3) is 0 Å². The highest BCUT2D eigenvalue weighted by Gasteiger charge is 2.19. The summed E-state index contributed by atoms with van der Waals surface area (Å²) >= 11 is 3.04. The fourth-order valence-corrected chi connectivity index (χ4v) is 4.41. The molecule has 0 saturated carbocycles. The standard InChI is InChI=1S/C7H9BrN2O4S2/c1-15(11,12)5-16(13,14)10-6-3-2-4-9-7(6)8/h2-4,10H,5H2,1H3. The van der Waals surface area contributed by atoms with Gasteiger partial charge in [0.15, 0.2) is 14.9 Å². The van der Waals surface area contributed by atoms with Gasteiger partial charge in [-0.3, -0.25) is 4.72 Å². The molecule has 0 bridgehead atoms. The second-order valence-corrected chi connectivity index (χ2v) is 8.08. The molecular weight excluding hydrogens is 320 g/mol. The maximum absolute atomic E-state index is 11.4. The van der Waals surface area contributed by atoms with Crippen LogP contribution in [0.15, 0.2) is 22.9 Å². The molecule has 1 N–H and O–H groups in total. The highest BCUT2D eigenvalue weighted by Crippen LogP contribution is 2.19. The van der Waals surface area contributed by atoms with Gasteiger partial charge in [0.05, 0.1) is 5.69 Å². The summed E-state index contributed by atoms with van der Waals surface area (Å²) in [5.41, 5.74) is 0.200. The number of sulfonamides is 1. The molecular formula is C7H9BrN2O4S2. The number of halogens is 1. The second kappa shape index (κ2) is 4.68. The lowest BCUT2D eigenvalue weighted by Gasteiger charge is -2.07. The monoisotopic (exact) mass is 328 g/mol. The van der Waals surface area contributed by atoms with Crippen LogP contribution in [-0.2, 0) is 19.9 Å². The van der Waals surface area contributed by atoms with Crippen molar-refractivity contribution in [3.05, 3.63) is 22.9 Å². The Hall–Kier alpha value is -0.670. The van der Waals surface area contributed by atoms with Crippen LogP contribution in [0.1, 0.15) is 0 Å². The van der Waals surface area contributed by atoms with Crippen LogP contribution in [0.5, 0.6) is 0 Å². The normalized spacial score (nSPS) is 12.4. The van der Waals surface area contributed by atoms with E-state index in [0.717, 1.165) is 6.26 Å². The third kappa shape index (κ3) is 4.45. The summed E-state index contributed by atoms with van der Waals surface area (Å²) in [5.74, 6) is 0. The summed E-state index contributed by atoms with van der Waals surface area (Å²) in [4.78, 5) is 3.80. The molecule has 0 amide bonds. The number of aromatic nitrogens is 1. The summed E-state index contributed by atoms with van der Waals surface area (Å²) in [7, 11) is -7.52.